The molecule has 2 rings (SSSR count). The second-order valence-electron chi connectivity index (χ2n) is 4.19. The van der Waals surface area contributed by atoms with E-state index in [-0.39, 0.29) is 11.9 Å². The van der Waals surface area contributed by atoms with Crippen LogP contribution in [0.25, 0.3) is 0 Å². The van der Waals surface area contributed by atoms with E-state index in [1.807, 2.05) is 0 Å². The Morgan fingerprint density at radius 3 is 3.05 bits per heavy atom. The Bertz CT molecular complexity index is 450. The van der Waals surface area contributed by atoms with Gasteiger partial charge < -0.3 is 15.0 Å². The molecule has 1 atom stereocenters. The van der Waals surface area contributed by atoms with Crippen LogP contribution in [0, 0.1) is 0 Å². The van der Waals surface area contributed by atoms with Gasteiger partial charge in [-0.3, -0.25) is 9.78 Å². The summed E-state index contributed by atoms with van der Waals surface area (Å²) in [6, 6.07) is 4.56. The first-order valence-electron chi connectivity index (χ1n) is 6.33. The second kappa shape index (κ2) is 6.29. The SMILES string of the molecule is CCOC(=O)C1CNCCN1C(=O)c1ccccn1. The first kappa shape index (κ1) is 13.5. The van der Waals surface area contributed by atoms with Gasteiger partial charge in [0.25, 0.3) is 5.91 Å². The van der Waals surface area contributed by atoms with Crippen LogP contribution >= 0.6 is 0 Å². The lowest BCUT2D eigenvalue weighted by Crippen LogP contribution is -2.57. The summed E-state index contributed by atoms with van der Waals surface area (Å²) in [4.78, 5) is 29.8. The number of pyridine rings is 1. The Morgan fingerprint density at radius 2 is 2.37 bits per heavy atom. The van der Waals surface area contributed by atoms with Crippen LogP contribution in [0.5, 0.6) is 0 Å². The lowest BCUT2D eigenvalue weighted by atomic mass is 10.1. The van der Waals surface area contributed by atoms with Crippen molar-refractivity contribution >= 4 is 11.9 Å². The first-order chi connectivity index (χ1) is 9.24. The molecule has 6 heteroatoms. The summed E-state index contributed by atoms with van der Waals surface area (Å²) in [6.07, 6.45) is 1.56. The molecule has 0 aromatic carbocycles. The van der Waals surface area contributed by atoms with E-state index in [0.717, 1.165) is 0 Å². The average Bonchev–Trinajstić information content (AvgIpc) is 2.47. The topological polar surface area (TPSA) is 71.5 Å². The third-order valence-corrected chi connectivity index (χ3v) is 2.95. The monoisotopic (exact) mass is 263 g/mol. The van der Waals surface area contributed by atoms with Crippen molar-refractivity contribution < 1.29 is 14.3 Å². The summed E-state index contributed by atoms with van der Waals surface area (Å²) in [5.74, 6) is -0.612. The van der Waals surface area contributed by atoms with Gasteiger partial charge in [-0.15, -0.1) is 0 Å². The summed E-state index contributed by atoms with van der Waals surface area (Å²) in [5, 5.41) is 3.10. The minimum absolute atomic E-state index is 0.236. The number of piperazine rings is 1. The first-order valence-corrected chi connectivity index (χ1v) is 6.33. The van der Waals surface area contributed by atoms with Gasteiger partial charge in [-0.25, -0.2) is 4.79 Å². The number of ether oxygens (including phenoxy) is 1. The van der Waals surface area contributed by atoms with E-state index in [1.165, 1.54) is 4.90 Å². The standard InChI is InChI=1S/C13H17N3O3/c1-2-19-13(18)11-9-14-7-8-16(11)12(17)10-5-3-4-6-15-10/h3-6,11,14H,2,7-9H2,1H3. The summed E-state index contributed by atoms with van der Waals surface area (Å²) in [5.41, 5.74) is 0.346. The normalized spacial score (nSPS) is 19.0. The maximum atomic E-state index is 12.3. The Hall–Kier alpha value is -1.95. The van der Waals surface area contributed by atoms with Gasteiger partial charge in [0.2, 0.25) is 0 Å². The molecule has 1 aromatic heterocycles. The van der Waals surface area contributed by atoms with Crippen LogP contribution in [0.3, 0.4) is 0 Å². The molecule has 1 aliphatic rings. The number of aromatic nitrogens is 1. The zero-order valence-corrected chi connectivity index (χ0v) is 10.8. The van der Waals surface area contributed by atoms with Crippen molar-refractivity contribution in [1.29, 1.82) is 0 Å². The summed E-state index contributed by atoms with van der Waals surface area (Å²) < 4.78 is 5.00. The zero-order valence-electron chi connectivity index (χ0n) is 10.8. The average molecular weight is 263 g/mol. The van der Waals surface area contributed by atoms with Gasteiger partial charge in [-0.2, -0.15) is 0 Å². The van der Waals surface area contributed by atoms with E-state index in [2.05, 4.69) is 10.3 Å². The fourth-order valence-electron chi connectivity index (χ4n) is 2.03. The highest BCUT2D eigenvalue weighted by Crippen LogP contribution is 2.10. The van der Waals surface area contributed by atoms with Gasteiger partial charge in [-0.1, -0.05) is 6.07 Å². The Kier molecular flexibility index (Phi) is 4.46. The predicted octanol–water partition coefficient (Wildman–Crippen LogP) is 0.0587. The van der Waals surface area contributed by atoms with E-state index in [1.54, 1.807) is 31.3 Å². The molecule has 0 aliphatic carbocycles. The number of carbonyl (C=O) groups excluding carboxylic acids is 2. The molecule has 1 aliphatic heterocycles. The minimum atomic E-state index is -0.580. The van der Waals surface area contributed by atoms with Crippen LogP contribution in [0.1, 0.15) is 17.4 Å². The highest BCUT2D eigenvalue weighted by atomic mass is 16.5. The Morgan fingerprint density at radius 1 is 1.53 bits per heavy atom. The predicted molar refractivity (Wildman–Crippen MR) is 68.6 cm³/mol. The lowest BCUT2D eigenvalue weighted by Gasteiger charge is -2.34. The Labute approximate surface area is 111 Å². The van der Waals surface area contributed by atoms with Gasteiger partial charge in [0.1, 0.15) is 11.7 Å². The van der Waals surface area contributed by atoms with E-state index in [9.17, 15) is 9.59 Å². The molecule has 1 saturated heterocycles. The number of esters is 1. The molecule has 2 heterocycles. The molecular formula is C13H17N3O3. The van der Waals surface area contributed by atoms with E-state index in [0.29, 0.717) is 31.9 Å². The molecule has 1 N–H and O–H groups in total. The maximum Gasteiger partial charge on any atom is 0.330 e. The maximum absolute atomic E-state index is 12.3. The minimum Gasteiger partial charge on any atom is -0.464 e. The number of nitrogens with zero attached hydrogens (tertiary/aromatic N) is 2. The summed E-state index contributed by atoms with van der Waals surface area (Å²) in [6.45, 7) is 3.60. The van der Waals surface area contributed by atoms with Crippen molar-refractivity contribution in [3.8, 4) is 0 Å². The fraction of sp³-hybridized carbons (Fsp3) is 0.462. The third-order valence-electron chi connectivity index (χ3n) is 2.95. The molecule has 1 fully saturated rings. The molecule has 0 saturated carbocycles. The molecule has 1 unspecified atom stereocenters. The van der Waals surface area contributed by atoms with Crippen LogP contribution in [0.2, 0.25) is 0 Å². The van der Waals surface area contributed by atoms with Crippen LogP contribution < -0.4 is 5.32 Å². The number of hydrogen-bond acceptors (Lipinski definition) is 5. The number of carbonyl (C=O) groups is 2. The second-order valence-corrected chi connectivity index (χ2v) is 4.19. The van der Waals surface area contributed by atoms with Crippen molar-refractivity contribution in [3.05, 3.63) is 30.1 Å². The third kappa shape index (κ3) is 3.08. The summed E-state index contributed by atoms with van der Waals surface area (Å²) >= 11 is 0. The molecular weight excluding hydrogens is 246 g/mol. The van der Waals surface area contributed by atoms with Gasteiger partial charge in [-0.05, 0) is 19.1 Å². The van der Waals surface area contributed by atoms with Crippen LogP contribution in [0.15, 0.2) is 24.4 Å². The fourth-order valence-corrected chi connectivity index (χ4v) is 2.03. The number of nitrogens with one attached hydrogen (secondary N) is 1. The molecule has 0 spiro atoms. The Balaban J connectivity index is 2.15. The van der Waals surface area contributed by atoms with Crippen molar-refractivity contribution in [2.75, 3.05) is 26.2 Å². The molecule has 0 radical (unpaired) electrons. The highest BCUT2D eigenvalue weighted by Gasteiger charge is 2.33. The van der Waals surface area contributed by atoms with Gasteiger partial charge in [0.15, 0.2) is 0 Å². The molecule has 6 nitrogen and oxygen atoms in total. The van der Waals surface area contributed by atoms with Crippen molar-refractivity contribution in [3.63, 3.8) is 0 Å². The van der Waals surface area contributed by atoms with Crippen molar-refractivity contribution in [1.82, 2.24) is 15.2 Å². The largest absolute Gasteiger partial charge is 0.464 e. The van der Waals surface area contributed by atoms with Crippen LogP contribution in [-0.2, 0) is 9.53 Å². The molecule has 102 valence electrons. The van der Waals surface area contributed by atoms with Crippen LogP contribution in [-0.4, -0.2) is 54.0 Å². The zero-order chi connectivity index (χ0) is 13.7. The van der Waals surface area contributed by atoms with Crippen LogP contribution in [0.4, 0.5) is 0 Å². The number of amides is 1. The highest BCUT2D eigenvalue weighted by molar-refractivity contribution is 5.95. The van der Waals surface area contributed by atoms with Crippen molar-refractivity contribution in [2.45, 2.75) is 13.0 Å². The quantitative estimate of drug-likeness (QED) is 0.781. The van der Waals surface area contributed by atoms with Gasteiger partial charge in [0.05, 0.1) is 6.61 Å². The number of hydrogen-bond donors (Lipinski definition) is 1. The molecule has 1 amide bonds. The lowest BCUT2D eigenvalue weighted by molar-refractivity contribution is -0.149. The number of rotatable bonds is 3. The van der Waals surface area contributed by atoms with Gasteiger partial charge in [0, 0.05) is 25.8 Å². The van der Waals surface area contributed by atoms with E-state index in [4.69, 9.17) is 4.74 Å². The summed E-state index contributed by atoms with van der Waals surface area (Å²) in [7, 11) is 0. The van der Waals surface area contributed by atoms with E-state index < -0.39 is 6.04 Å². The van der Waals surface area contributed by atoms with E-state index >= 15 is 0 Å². The van der Waals surface area contributed by atoms with Crippen molar-refractivity contribution in [2.24, 2.45) is 0 Å². The van der Waals surface area contributed by atoms with Gasteiger partial charge >= 0.3 is 5.97 Å². The molecule has 19 heavy (non-hydrogen) atoms. The molecule has 0 bridgehead atoms. The molecule has 1 aromatic rings. The smallest absolute Gasteiger partial charge is 0.330 e.